The van der Waals surface area contributed by atoms with Crippen LogP contribution in [0, 0.1) is 6.92 Å². The van der Waals surface area contributed by atoms with E-state index in [1.54, 1.807) is 40.9 Å². The fourth-order valence-electron chi connectivity index (χ4n) is 2.74. The zero-order chi connectivity index (χ0) is 18.8. The first-order chi connectivity index (χ1) is 13.1. The van der Waals surface area contributed by atoms with E-state index in [1.807, 2.05) is 6.92 Å². The van der Waals surface area contributed by atoms with Gasteiger partial charge in [-0.2, -0.15) is 0 Å². The highest BCUT2D eigenvalue weighted by atomic mass is 32.1. The zero-order valence-electron chi connectivity index (χ0n) is 14.6. The third kappa shape index (κ3) is 4.01. The van der Waals surface area contributed by atoms with Gasteiger partial charge in [0.1, 0.15) is 5.75 Å². The van der Waals surface area contributed by atoms with Gasteiger partial charge in [0.15, 0.2) is 6.61 Å². The van der Waals surface area contributed by atoms with Gasteiger partial charge in [0.2, 0.25) is 0 Å². The van der Waals surface area contributed by atoms with Crippen LogP contribution in [0.25, 0.3) is 10.6 Å². The van der Waals surface area contributed by atoms with Crippen molar-refractivity contribution in [2.75, 3.05) is 18.5 Å². The minimum Gasteiger partial charge on any atom is -0.482 e. The summed E-state index contributed by atoms with van der Waals surface area (Å²) >= 11 is 3.34. The summed E-state index contributed by atoms with van der Waals surface area (Å²) in [5.74, 6) is 0.164. The molecule has 0 bridgehead atoms. The minimum absolute atomic E-state index is 0.0305. The van der Waals surface area contributed by atoms with Crippen LogP contribution in [-0.2, 0) is 11.2 Å². The molecule has 3 heterocycles. The van der Waals surface area contributed by atoms with Crippen molar-refractivity contribution in [2.45, 2.75) is 13.3 Å². The smallest absolute Gasteiger partial charge is 0.262 e. The number of hydrogen-bond acceptors (Lipinski definition) is 6. The number of fused-ring (bicyclic) bond motifs is 1. The zero-order valence-corrected chi connectivity index (χ0v) is 16.2. The molecule has 0 atom stereocenters. The number of thiophene rings is 1. The quantitative estimate of drug-likeness (QED) is 0.688. The van der Waals surface area contributed by atoms with E-state index >= 15 is 0 Å². The van der Waals surface area contributed by atoms with Gasteiger partial charge in [-0.3, -0.25) is 9.59 Å². The van der Waals surface area contributed by atoms with Crippen LogP contribution in [0.15, 0.2) is 35.7 Å². The van der Waals surface area contributed by atoms with Crippen LogP contribution in [0.5, 0.6) is 5.75 Å². The normalized spacial score (nSPS) is 12.9. The molecule has 1 aromatic carbocycles. The Morgan fingerprint density at radius 3 is 3.04 bits per heavy atom. The second-order valence-corrected chi connectivity index (χ2v) is 8.30. The lowest BCUT2D eigenvalue weighted by atomic mass is 10.1. The Labute approximate surface area is 164 Å². The molecule has 1 aliphatic heterocycles. The van der Waals surface area contributed by atoms with Crippen LogP contribution in [-0.4, -0.2) is 29.9 Å². The average molecular weight is 399 g/mol. The van der Waals surface area contributed by atoms with Crippen molar-refractivity contribution in [2.24, 2.45) is 0 Å². The largest absolute Gasteiger partial charge is 0.482 e. The predicted octanol–water partition coefficient (Wildman–Crippen LogP) is 3.48. The number of ether oxygens (including phenoxy) is 1. The lowest BCUT2D eigenvalue weighted by molar-refractivity contribution is -0.118. The van der Waals surface area contributed by atoms with Gasteiger partial charge >= 0.3 is 0 Å². The molecule has 8 heteroatoms. The van der Waals surface area contributed by atoms with Gasteiger partial charge in [0.05, 0.1) is 21.3 Å². The molecule has 2 aromatic heterocycles. The molecule has 4 rings (SSSR count). The Bertz CT molecular complexity index is 1010. The van der Waals surface area contributed by atoms with E-state index in [1.165, 1.54) is 4.88 Å². The standard InChI is InChI=1S/C19H17N3O3S2/c1-11-21-15(10-26-11)17-5-3-13(27-17)6-7-20-19(24)12-2-4-14-16(8-12)25-9-18(23)22-14/h2-5,8,10H,6-7,9H2,1H3,(H,20,24)(H,22,23). The highest BCUT2D eigenvalue weighted by molar-refractivity contribution is 7.16. The third-order valence-electron chi connectivity index (χ3n) is 4.07. The molecule has 6 nitrogen and oxygen atoms in total. The highest BCUT2D eigenvalue weighted by Crippen LogP contribution is 2.30. The highest BCUT2D eigenvalue weighted by Gasteiger charge is 2.17. The minimum atomic E-state index is -0.192. The first-order valence-corrected chi connectivity index (χ1v) is 10.1. The fourth-order valence-corrected chi connectivity index (χ4v) is 4.40. The molecule has 3 aromatic rings. The Morgan fingerprint density at radius 2 is 2.22 bits per heavy atom. The Kier molecular flexibility index (Phi) is 4.91. The molecule has 2 N–H and O–H groups in total. The SMILES string of the molecule is Cc1nc(-c2ccc(CCNC(=O)c3ccc4c(c3)OCC(=O)N4)s2)cs1. The van der Waals surface area contributed by atoms with Crippen molar-refractivity contribution in [1.82, 2.24) is 10.3 Å². The second kappa shape index (κ2) is 7.50. The second-order valence-electron chi connectivity index (χ2n) is 6.07. The molecule has 0 fully saturated rings. The van der Waals surface area contributed by atoms with Crippen molar-refractivity contribution in [3.05, 3.63) is 51.2 Å². The van der Waals surface area contributed by atoms with E-state index in [-0.39, 0.29) is 18.4 Å². The van der Waals surface area contributed by atoms with Crippen LogP contribution >= 0.6 is 22.7 Å². The van der Waals surface area contributed by atoms with E-state index in [4.69, 9.17) is 4.74 Å². The number of rotatable bonds is 5. The predicted molar refractivity (Wildman–Crippen MR) is 107 cm³/mol. The number of nitrogens with zero attached hydrogens (tertiary/aromatic N) is 1. The Morgan fingerprint density at radius 1 is 1.33 bits per heavy atom. The van der Waals surface area contributed by atoms with Crippen LogP contribution in [0.4, 0.5) is 5.69 Å². The van der Waals surface area contributed by atoms with Crippen molar-refractivity contribution in [1.29, 1.82) is 0 Å². The third-order valence-corrected chi connectivity index (χ3v) is 6.01. The lowest BCUT2D eigenvalue weighted by Gasteiger charge is -2.18. The summed E-state index contributed by atoms with van der Waals surface area (Å²) in [4.78, 5) is 30.5. The number of hydrogen-bond donors (Lipinski definition) is 2. The van der Waals surface area contributed by atoms with Crippen LogP contribution in [0.2, 0.25) is 0 Å². The maximum Gasteiger partial charge on any atom is 0.262 e. The summed E-state index contributed by atoms with van der Waals surface area (Å²) in [6.07, 6.45) is 0.761. The van der Waals surface area contributed by atoms with Gasteiger partial charge < -0.3 is 15.4 Å². The number of nitrogens with one attached hydrogen (secondary N) is 2. The Hall–Kier alpha value is -2.71. The first kappa shape index (κ1) is 17.7. The molecule has 2 amide bonds. The van der Waals surface area contributed by atoms with Crippen molar-refractivity contribution >= 4 is 40.2 Å². The summed E-state index contributed by atoms with van der Waals surface area (Å²) in [5, 5.41) is 8.76. The molecule has 1 aliphatic rings. The van der Waals surface area contributed by atoms with E-state index in [9.17, 15) is 9.59 Å². The fraction of sp³-hybridized carbons (Fsp3) is 0.211. The van der Waals surface area contributed by atoms with E-state index < -0.39 is 0 Å². The number of aryl methyl sites for hydroxylation is 1. The number of amides is 2. The topological polar surface area (TPSA) is 80.3 Å². The molecule has 138 valence electrons. The monoisotopic (exact) mass is 399 g/mol. The summed E-state index contributed by atoms with van der Waals surface area (Å²) in [7, 11) is 0. The number of anilines is 1. The molecular formula is C19H17N3O3S2. The van der Waals surface area contributed by atoms with Gasteiger partial charge in [-0.05, 0) is 43.7 Å². The first-order valence-electron chi connectivity index (χ1n) is 8.44. The Balaban J connectivity index is 1.33. The van der Waals surface area contributed by atoms with Gasteiger partial charge in [-0.15, -0.1) is 22.7 Å². The van der Waals surface area contributed by atoms with Crippen molar-refractivity contribution in [3.63, 3.8) is 0 Å². The summed E-state index contributed by atoms with van der Waals surface area (Å²) in [5.41, 5.74) is 2.11. The number of aromatic nitrogens is 1. The van der Waals surface area contributed by atoms with Gasteiger partial charge in [0.25, 0.3) is 11.8 Å². The van der Waals surface area contributed by atoms with E-state index in [0.717, 1.165) is 22.0 Å². The molecule has 27 heavy (non-hydrogen) atoms. The molecule has 0 saturated heterocycles. The van der Waals surface area contributed by atoms with Crippen LogP contribution in [0.3, 0.4) is 0 Å². The molecule has 0 aliphatic carbocycles. The summed E-state index contributed by atoms with van der Waals surface area (Å²) in [6.45, 7) is 2.51. The number of carbonyl (C=O) groups is 2. The molecule has 0 radical (unpaired) electrons. The maximum absolute atomic E-state index is 12.4. The number of thiazole rings is 1. The molecular weight excluding hydrogens is 382 g/mol. The average Bonchev–Trinajstić information content (AvgIpc) is 3.30. The summed E-state index contributed by atoms with van der Waals surface area (Å²) < 4.78 is 5.35. The van der Waals surface area contributed by atoms with Crippen molar-refractivity contribution < 1.29 is 14.3 Å². The summed E-state index contributed by atoms with van der Waals surface area (Å²) in [6, 6.07) is 9.17. The van der Waals surface area contributed by atoms with Crippen molar-refractivity contribution in [3.8, 4) is 16.3 Å². The van der Waals surface area contributed by atoms with Crippen LogP contribution in [0.1, 0.15) is 20.2 Å². The van der Waals surface area contributed by atoms with Gasteiger partial charge in [-0.25, -0.2) is 4.98 Å². The van der Waals surface area contributed by atoms with E-state index in [0.29, 0.717) is 23.5 Å². The number of benzene rings is 1. The lowest BCUT2D eigenvalue weighted by Crippen LogP contribution is -2.27. The van der Waals surface area contributed by atoms with E-state index in [2.05, 4.69) is 33.1 Å². The van der Waals surface area contributed by atoms with Crippen LogP contribution < -0.4 is 15.4 Å². The molecule has 0 unspecified atom stereocenters. The van der Waals surface area contributed by atoms with Gasteiger partial charge in [0, 0.05) is 22.4 Å². The maximum atomic E-state index is 12.4. The molecule has 0 spiro atoms. The van der Waals surface area contributed by atoms with Gasteiger partial charge in [-0.1, -0.05) is 0 Å². The number of carbonyl (C=O) groups excluding carboxylic acids is 2. The molecule has 0 saturated carbocycles.